The summed E-state index contributed by atoms with van der Waals surface area (Å²) in [6.45, 7) is 1.75. The van der Waals surface area contributed by atoms with Crippen LogP contribution in [0.25, 0.3) is 0 Å². The summed E-state index contributed by atoms with van der Waals surface area (Å²) in [5, 5.41) is 8.78. The molecule has 0 heterocycles. The molecule has 0 aliphatic carbocycles. The lowest BCUT2D eigenvalue weighted by atomic mass is 10.1. The van der Waals surface area contributed by atoms with Gasteiger partial charge in [-0.2, -0.15) is 5.26 Å². The third-order valence-corrected chi connectivity index (χ3v) is 2.56. The van der Waals surface area contributed by atoms with Gasteiger partial charge in [0.05, 0.1) is 25.5 Å². The second-order valence-electron chi connectivity index (χ2n) is 3.72. The maximum Gasteiger partial charge on any atom is 0.341 e. The number of carbonyl (C=O) groups excluding carboxylic acids is 1. The molecule has 0 radical (unpaired) electrons. The van der Waals surface area contributed by atoms with Crippen molar-refractivity contribution in [1.82, 2.24) is 0 Å². The molecule has 1 aromatic rings. The van der Waals surface area contributed by atoms with Gasteiger partial charge in [-0.3, -0.25) is 0 Å². The summed E-state index contributed by atoms with van der Waals surface area (Å²) in [5.74, 6) is 0.0578. The van der Waals surface area contributed by atoms with Gasteiger partial charge in [0.1, 0.15) is 17.6 Å². The number of ether oxygens (including phenoxy) is 3. The fourth-order valence-corrected chi connectivity index (χ4v) is 1.45. The van der Waals surface area contributed by atoms with Crippen molar-refractivity contribution in [1.29, 1.82) is 5.26 Å². The van der Waals surface area contributed by atoms with Crippen LogP contribution in [0.15, 0.2) is 12.1 Å². The van der Waals surface area contributed by atoms with Gasteiger partial charge in [0.25, 0.3) is 0 Å². The minimum atomic E-state index is -0.802. The monoisotopic (exact) mass is 264 g/mol. The maximum atomic E-state index is 12.0. The molecule has 6 nitrogen and oxygen atoms in total. The van der Waals surface area contributed by atoms with E-state index in [1.807, 2.05) is 6.07 Å². The first-order chi connectivity index (χ1) is 9.07. The van der Waals surface area contributed by atoms with E-state index in [1.54, 1.807) is 13.0 Å². The van der Waals surface area contributed by atoms with Crippen LogP contribution in [-0.4, -0.2) is 26.3 Å². The number of hydrogen-bond donors (Lipinski definition) is 1. The predicted octanol–water partition coefficient (Wildman–Crippen LogP) is 1.74. The zero-order valence-corrected chi connectivity index (χ0v) is 11.1. The molecule has 0 bridgehead atoms. The quantitative estimate of drug-likeness (QED) is 0.643. The van der Waals surface area contributed by atoms with E-state index in [9.17, 15) is 4.79 Å². The smallest absolute Gasteiger partial charge is 0.341 e. The fraction of sp³-hybridized carbons (Fsp3) is 0.385. The summed E-state index contributed by atoms with van der Waals surface area (Å²) >= 11 is 0. The zero-order chi connectivity index (χ0) is 14.4. The van der Waals surface area contributed by atoms with Crippen LogP contribution in [0.4, 0.5) is 5.69 Å². The Labute approximate surface area is 111 Å². The van der Waals surface area contributed by atoms with Crippen molar-refractivity contribution in [3.63, 3.8) is 0 Å². The Kier molecular flexibility index (Phi) is 5.01. The van der Waals surface area contributed by atoms with Crippen LogP contribution in [0, 0.1) is 11.3 Å². The molecule has 0 fully saturated rings. The van der Waals surface area contributed by atoms with Gasteiger partial charge >= 0.3 is 5.97 Å². The number of nitriles is 1. The molecule has 0 aromatic heterocycles. The molecule has 1 unspecified atom stereocenters. The summed E-state index contributed by atoms with van der Waals surface area (Å²) in [7, 11) is 2.90. The molecular formula is C13H16N2O4. The van der Waals surface area contributed by atoms with Gasteiger partial charge in [0.2, 0.25) is 0 Å². The second kappa shape index (κ2) is 6.50. The summed E-state index contributed by atoms with van der Waals surface area (Å²) < 4.78 is 15.1. The fourth-order valence-electron chi connectivity index (χ4n) is 1.45. The number of rotatable bonds is 5. The highest BCUT2D eigenvalue weighted by molar-refractivity contribution is 5.97. The van der Waals surface area contributed by atoms with E-state index in [2.05, 4.69) is 0 Å². The molecule has 0 aliphatic rings. The third-order valence-electron chi connectivity index (χ3n) is 2.56. The SMILES string of the molecule is CCC(C#N)OC(=O)c1cc(OC)cc(OC)c1N. The van der Waals surface area contributed by atoms with Crippen molar-refractivity contribution in [2.24, 2.45) is 0 Å². The average molecular weight is 264 g/mol. The lowest BCUT2D eigenvalue weighted by Crippen LogP contribution is -2.17. The zero-order valence-electron chi connectivity index (χ0n) is 11.1. The lowest BCUT2D eigenvalue weighted by molar-refractivity contribution is 0.0402. The Morgan fingerprint density at radius 2 is 2.11 bits per heavy atom. The summed E-state index contributed by atoms with van der Waals surface area (Å²) in [6, 6.07) is 4.89. The molecule has 6 heteroatoms. The molecule has 0 saturated carbocycles. The van der Waals surface area contributed by atoms with Crippen LogP contribution in [0.1, 0.15) is 23.7 Å². The van der Waals surface area contributed by atoms with Crippen molar-refractivity contribution in [3.05, 3.63) is 17.7 Å². The Bertz CT molecular complexity index is 508. The van der Waals surface area contributed by atoms with Gasteiger partial charge in [-0.15, -0.1) is 0 Å². The number of anilines is 1. The summed E-state index contributed by atoms with van der Waals surface area (Å²) in [5.41, 5.74) is 6.08. The van der Waals surface area contributed by atoms with Crippen molar-refractivity contribution >= 4 is 11.7 Å². The van der Waals surface area contributed by atoms with Gasteiger partial charge < -0.3 is 19.9 Å². The number of nitrogen functional groups attached to an aromatic ring is 1. The average Bonchev–Trinajstić information content (AvgIpc) is 2.44. The Morgan fingerprint density at radius 1 is 1.42 bits per heavy atom. The van der Waals surface area contributed by atoms with Crippen LogP contribution < -0.4 is 15.2 Å². The molecule has 0 amide bonds. The highest BCUT2D eigenvalue weighted by atomic mass is 16.5. The first-order valence-corrected chi connectivity index (χ1v) is 5.69. The number of nitrogens with zero attached hydrogens (tertiary/aromatic N) is 1. The van der Waals surface area contributed by atoms with E-state index in [0.717, 1.165) is 0 Å². The molecule has 19 heavy (non-hydrogen) atoms. The van der Waals surface area contributed by atoms with Gasteiger partial charge in [-0.1, -0.05) is 6.92 Å². The normalized spacial score (nSPS) is 11.3. The Hall–Kier alpha value is -2.42. The van der Waals surface area contributed by atoms with E-state index >= 15 is 0 Å². The number of methoxy groups -OCH3 is 2. The lowest BCUT2D eigenvalue weighted by Gasteiger charge is -2.13. The number of hydrogen-bond acceptors (Lipinski definition) is 6. The van der Waals surface area contributed by atoms with E-state index < -0.39 is 12.1 Å². The highest BCUT2D eigenvalue weighted by Gasteiger charge is 2.20. The van der Waals surface area contributed by atoms with Crippen molar-refractivity contribution < 1.29 is 19.0 Å². The first-order valence-electron chi connectivity index (χ1n) is 5.69. The standard InChI is InChI=1S/C13H16N2O4/c1-4-8(7-14)19-13(16)10-5-9(17-2)6-11(18-3)12(10)15/h5-6,8H,4,15H2,1-3H3. The number of benzene rings is 1. The third kappa shape index (κ3) is 3.28. The van der Waals surface area contributed by atoms with Gasteiger partial charge in [-0.25, -0.2) is 4.79 Å². The number of esters is 1. The number of carbonyl (C=O) groups is 1. The molecule has 0 aliphatic heterocycles. The Balaban J connectivity index is 3.12. The highest BCUT2D eigenvalue weighted by Crippen LogP contribution is 2.31. The van der Waals surface area contributed by atoms with E-state index in [0.29, 0.717) is 17.9 Å². The van der Waals surface area contributed by atoms with E-state index in [4.69, 9.17) is 25.2 Å². The minimum Gasteiger partial charge on any atom is -0.497 e. The molecule has 2 N–H and O–H groups in total. The molecule has 0 saturated heterocycles. The largest absolute Gasteiger partial charge is 0.497 e. The van der Waals surface area contributed by atoms with Crippen molar-refractivity contribution in [2.75, 3.05) is 20.0 Å². The second-order valence-corrected chi connectivity index (χ2v) is 3.72. The van der Waals surface area contributed by atoms with E-state index in [1.165, 1.54) is 20.3 Å². The van der Waals surface area contributed by atoms with E-state index in [-0.39, 0.29) is 11.3 Å². The maximum absolute atomic E-state index is 12.0. The van der Waals surface area contributed by atoms with Crippen LogP contribution in [0.5, 0.6) is 11.5 Å². The summed E-state index contributed by atoms with van der Waals surface area (Å²) in [4.78, 5) is 12.0. The topological polar surface area (TPSA) is 94.6 Å². The van der Waals surface area contributed by atoms with Crippen LogP contribution >= 0.6 is 0 Å². The molecule has 102 valence electrons. The molecular weight excluding hydrogens is 248 g/mol. The number of nitrogens with two attached hydrogens (primary N) is 1. The molecule has 0 spiro atoms. The first kappa shape index (κ1) is 14.6. The Morgan fingerprint density at radius 3 is 2.58 bits per heavy atom. The molecule has 1 aromatic carbocycles. The van der Waals surface area contributed by atoms with Gasteiger partial charge in [0, 0.05) is 6.07 Å². The molecule has 1 atom stereocenters. The van der Waals surface area contributed by atoms with Crippen LogP contribution in [0.3, 0.4) is 0 Å². The van der Waals surface area contributed by atoms with Gasteiger partial charge in [0.15, 0.2) is 6.10 Å². The van der Waals surface area contributed by atoms with Crippen molar-refractivity contribution in [3.8, 4) is 17.6 Å². The van der Waals surface area contributed by atoms with Crippen molar-refractivity contribution in [2.45, 2.75) is 19.4 Å². The van der Waals surface area contributed by atoms with Crippen LogP contribution in [0.2, 0.25) is 0 Å². The van der Waals surface area contributed by atoms with Gasteiger partial charge in [-0.05, 0) is 12.5 Å². The van der Waals surface area contributed by atoms with Crippen LogP contribution in [-0.2, 0) is 4.74 Å². The predicted molar refractivity (Wildman–Crippen MR) is 69.1 cm³/mol. The minimum absolute atomic E-state index is 0.116. The summed E-state index contributed by atoms with van der Waals surface area (Å²) in [6.07, 6.45) is -0.396. The molecule has 1 rings (SSSR count).